The highest BCUT2D eigenvalue weighted by molar-refractivity contribution is 6.01. The molecule has 0 aromatic heterocycles. The molecule has 0 spiro atoms. The lowest BCUT2D eigenvalue weighted by Gasteiger charge is -2.39. The summed E-state index contributed by atoms with van der Waals surface area (Å²) in [7, 11) is 0. The Morgan fingerprint density at radius 1 is 1.38 bits per heavy atom. The zero-order valence-electron chi connectivity index (χ0n) is 10.4. The molecule has 1 heterocycles. The van der Waals surface area contributed by atoms with Crippen molar-refractivity contribution >= 4 is 11.7 Å². The number of esters is 1. The van der Waals surface area contributed by atoms with Crippen LogP contribution in [0, 0.1) is 16.7 Å². The van der Waals surface area contributed by atoms with Crippen molar-refractivity contribution in [3.05, 3.63) is 0 Å². The maximum Gasteiger partial charge on any atom is 0.331 e. The highest BCUT2D eigenvalue weighted by Gasteiger charge is 2.67. The lowest BCUT2D eigenvalue weighted by atomic mass is 9.70. The molecule has 0 radical (unpaired) electrons. The fourth-order valence-electron chi connectivity index (χ4n) is 3.86. The van der Waals surface area contributed by atoms with E-state index in [1.54, 1.807) is 0 Å². The van der Waals surface area contributed by atoms with Gasteiger partial charge in [-0.05, 0) is 25.2 Å². The number of hydrogen-bond donors (Lipinski definition) is 0. The third-order valence-electron chi connectivity index (χ3n) is 5.42. The molecule has 4 atom stereocenters. The van der Waals surface area contributed by atoms with E-state index >= 15 is 0 Å². The van der Waals surface area contributed by atoms with Gasteiger partial charge in [0, 0.05) is 11.3 Å². The topological polar surface area (TPSA) is 38.7 Å². The van der Waals surface area contributed by atoms with Crippen molar-refractivity contribution in [2.45, 2.75) is 52.7 Å². The van der Waals surface area contributed by atoms with Gasteiger partial charge in [-0.2, -0.15) is 0 Å². The Labute approximate surface area is 96.3 Å². The number of aliphatic imine (C=N–C) groups is 1. The first-order valence-electron chi connectivity index (χ1n) is 6.16. The number of hydrogen-bond acceptors (Lipinski definition) is 3. The number of ether oxygens (including phenoxy) is 1. The van der Waals surface area contributed by atoms with Gasteiger partial charge in [-0.25, -0.2) is 4.79 Å². The van der Waals surface area contributed by atoms with Crippen molar-refractivity contribution in [2.75, 3.05) is 0 Å². The molecule has 0 amide bonds. The molecule has 2 saturated carbocycles. The fraction of sp³-hybridized carbons (Fsp3) is 0.846. The van der Waals surface area contributed by atoms with E-state index in [1.807, 2.05) is 6.92 Å². The van der Waals surface area contributed by atoms with Gasteiger partial charge in [0.25, 0.3) is 0 Å². The average molecular weight is 221 g/mol. The summed E-state index contributed by atoms with van der Waals surface area (Å²) < 4.78 is 5.63. The van der Waals surface area contributed by atoms with E-state index in [2.05, 4.69) is 25.8 Å². The van der Waals surface area contributed by atoms with Crippen molar-refractivity contribution in [3.8, 4) is 0 Å². The molecule has 0 unspecified atom stereocenters. The van der Waals surface area contributed by atoms with Crippen molar-refractivity contribution in [1.82, 2.24) is 0 Å². The third kappa shape index (κ3) is 0.910. The van der Waals surface area contributed by atoms with E-state index in [-0.39, 0.29) is 28.9 Å². The molecule has 0 N–H and O–H groups in total. The summed E-state index contributed by atoms with van der Waals surface area (Å²) in [5.41, 5.74) is 1.46. The molecule has 0 saturated heterocycles. The number of carbonyl (C=O) groups is 1. The second-order valence-electron chi connectivity index (χ2n) is 6.28. The van der Waals surface area contributed by atoms with Gasteiger partial charge in [-0.3, -0.25) is 4.99 Å². The van der Waals surface area contributed by atoms with Crippen LogP contribution in [0.25, 0.3) is 0 Å². The minimum atomic E-state index is -0.301. The highest BCUT2D eigenvalue weighted by atomic mass is 16.5. The Kier molecular flexibility index (Phi) is 1.73. The second kappa shape index (κ2) is 2.69. The summed E-state index contributed by atoms with van der Waals surface area (Å²) in [5.74, 6) is 0.358. The summed E-state index contributed by atoms with van der Waals surface area (Å²) in [6.07, 6.45) is 2.30. The third-order valence-corrected chi connectivity index (χ3v) is 5.42. The zero-order chi connectivity index (χ0) is 11.7. The lowest BCUT2D eigenvalue weighted by Crippen LogP contribution is -2.45. The van der Waals surface area contributed by atoms with Crippen LogP contribution in [0.15, 0.2) is 4.99 Å². The van der Waals surface area contributed by atoms with Crippen LogP contribution >= 0.6 is 0 Å². The molecular formula is C13H19NO2. The van der Waals surface area contributed by atoms with Crippen LogP contribution in [0.3, 0.4) is 0 Å². The van der Waals surface area contributed by atoms with E-state index in [1.165, 1.54) is 6.42 Å². The van der Waals surface area contributed by atoms with Crippen LogP contribution in [0.1, 0.15) is 40.5 Å². The Bertz CT molecular complexity index is 399. The average Bonchev–Trinajstić information content (AvgIpc) is 2.50. The van der Waals surface area contributed by atoms with Crippen LogP contribution in [-0.2, 0) is 9.53 Å². The van der Waals surface area contributed by atoms with E-state index < -0.39 is 0 Å². The maximum absolute atomic E-state index is 11.6. The van der Waals surface area contributed by atoms with Gasteiger partial charge in [0.15, 0.2) is 0 Å². The molecule has 16 heavy (non-hydrogen) atoms. The minimum absolute atomic E-state index is 0.0510. The molecule has 2 fully saturated rings. The SMILES string of the molecule is C[C@@H]1N=C2[C@H]3CC[C@@](C)([C@@H]2OC1=O)C3(C)C. The Hall–Kier alpha value is -0.860. The smallest absolute Gasteiger partial charge is 0.331 e. The zero-order valence-corrected chi connectivity index (χ0v) is 10.4. The van der Waals surface area contributed by atoms with Crippen LogP contribution in [0.5, 0.6) is 0 Å². The first-order chi connectivity index (χ1) is 7.38. The van der Waals surface area contributed by atoms with Gasteiger partial charge in [0.2, 0.25) is 0 Å². The van der Waals surface area contributed by atoms with Gasteiger partial charge in [0.05, 0.1) is 5.71 Å². The Morgan fingerprint density at radius 3 is 2.75 bits per heavy atom. The molecule has 3 nitrogen and oxygen atoms in total. The summed E-state index contributed by atoms with van der Waals surface area (Å²) in [4.78, 5) is 16.2. The first kappa shape index (κ1) is 10.3. The molecule has 3 aliphatic rings. The molecule has 2 bridgehead atoms. The van der Waals surface area contributed by atoms with Gasteiger partial charge >= 0.3 is 5.97 Å². The maximum atomic E-state index is 11.6. The van der Waals surface area contributed by atoms with Crippen LogP contribution in [0.4, 0.5) is 0 Å². The Morgan fingerprint density at radius 2 is 2.06 bits per heavy atom. The monoisotopic (exact) mass is 221 g/mol. The number of nitrogens with zero attached hydrogens (tertiary/aromatic N) is 1. The minimum Gasteiger partial charge on any atom is -0.454 e. The number of fused-ring (bicyclic) bond motifs is 5. The molecule has 2 aliphatic carbocycles. The van der Waals surface area contributed by atoms with E-state index in [0.29, 0.717) is 5.92 Å². The largest absolute Gasteiger partial charge is 0.454 e. The van der Waals surface area contributed by atoms with E-state index in [9.17, 15) is 4.79 Å². The number of rotatable bonds is 0. The Balaban J connectivity index is 2.12. The summed E-state index contributed by atoms with van der Waals surface area (Å²) in [5, 5.41) is 0. The number of carbonyl (C=O) groups excluding carboxylic acids is 1. The molecule has 1 aliphatic heterocycles. The van der Waals surface area contributed by atoms with Crippen molar-refractivity contribution in [3.63, 3.8) is 0 Å². The van der Waals surface area contributed by atoms with Gasteiger partial charge in [0.1, 0.15) is 12.1 Å². The van der Waals surface area contributed by atoms with E-state index in [0.717, 1.165) is 12.1 Å². The van der Waals surface area contributed by atoms with Crippen molar-refractivity contribution < 1.29 is 9.53 Å². The normalized spacial score (nSPS) is 48.6. The first-order valence-corrected chi connectivity index (χ1v) is 6.16. The van der Waals surface area contributed by atoms with E-state index in [4.69, 9.17) is 4.74 Å². The summed E-state index contributed by atoms with van der Waals surface area (Å²) in [6, 6.07) is -0.301. The van der Waals surface area contributed by atoms with Gasteiger partial charge in [-0.15, -0.1) is 0 Å². The van der Waals surface area contributed by atoms with Crippen molar-refractivity contribution in [2.24, 2.45) is 21.7 Å². The fourth-order valence-corrected chi connectivity index (χ4v) is 3.86. The lowest BCUT2D eigenvalue weighted by molar-refractivity contribution is -0.154. The van der Waals surface area contributed by atoms with Crippen LogP contribution in [0.2, 0.25) is 0 Å². The summed E-state index contributed by atoms with van der Waals surface area (Å²) >= 11 is 0. The standard InChI is InChI=1S/C13H19NO2/c1-7-11(15)16-10-9(14-7)8-5-6-13(10,4)12(8,2)3/h7-8,10H,5-6H2,1-4H3/t7-,8+,10+,13-/m0/s1. The van der Waals surface area contributed by atoms with Crippen LogP contribution < -0.4 is 0 Å². The highest BCUT2D eigenvalue weighted by Crippen LogP contribution is 2.65. The molecule has 88 valence electrons. The summed E-state index contributed by atoms with van der Waals surface area (Å²) in [6.45, 7) is 8.67. The molecular weight excluding hydrogens is 202 g/mol. The predicted molar refractivity (Wildman–Crippen MR) is 61.4 cm³/mol. The molecule has 0 aromatic carbocycles. The van der Waals surface area contributed by atoms with Crippen LogP contribution in [-0.4, -0.2) is 23.8 Å². The van der Waals surface area contributed by atoms with Gasteiger partial charge in [-0.1, -0.05) is 20.8 Å². The predicted octanol–water partition coefficient (Wildman–Crippen LogP) is 2.20. The van der Waals surface area contributed by atoms with Crippen molar-refractivity contribution in [1.29, 1.82) is 0 Å². The molecule has 3 rings (SSSR count). The van der Waals surface area contributed by atoms with Gasteiger partial charge < -0.3 is 4.74 Å². The second-order valence-corrected chi connectivity index (χ2v) is 6.28. The molecule has 0 aromatic rings. The molecule has 3 heteroatoms. The quantitative estimate of drug-likeness (QED) is 0.588.